The number of hydroxylamine groups is 1. The highest BCUT2D eigenvalue weighted by Gasteiger charge is 2.42. The quantitative estimate of drug-likeness (QED) is 0.585. The third-order valence-electron chi connectivity index (χ3n) is 4.05. The fraction of sp³-hybridized carbons (Fsp3) is 0.0500. The van der Waals surface area contributed by atoms with Crippen molar-refractivity contribution in [1.29, 1.82) is 0 Å². The van der Waals surface area contributed by atoms with Gasteiger partial charge in [-0.1, -0.05) is 64.5 Å². The Hall–Kier alpha value is -2.79. The molecule has 0 radical (unpaired) electrons. The van der Waals surface area contributed by atoms with Gasteiger partial charge in [-0.05, 0) is 42.0 Å². The molecule has 0 N–H and O–H groups in total. The molecule has 1 amide bonds. The molecule has 4 nitrogen and oxygen atoms in total. The van der Waals surface area contributed by atoms with Crippen LogP contribution >= 0.6 is 15.9 Å². The topological polar surface area (TPSA) is 32.8 Å². The van der Waals surface area contributed by atoms with Gasteiger partial charge < -0.3 is 4.84 Å². The fourth-order valence-electron chi connectivity index (χ4n) is 2.91. The van der Waals surface area contributed by atoms with Crippen LogP contribution in [-0.2, 0) is 4.84 Å². The van der Waals surface area contributed by atoms with Crippen molar-refractivity contribution in [3.8, 4) is 0 Å². The summed E-state index contributed by atoms with van der Waals surface area (Å²) in [7, 11) is 0. The van der Waals surface area contributed by atoms with Crippen LogP contribution in [0.1, 0.15) is 11.7 Å². The van der Waals surface area contributed by atoms with Crippen LogP contribution in [0.2, 0.25) is 0 Å². The first kappa shape index (κ1) is 15.7. The highest BCUT2D eigenvalue weighted by Crippen LogP contribution is 2.39. The summed E-state index contributed by atoms with van der Waals surface area (Å²) in [4.78, 5) is 19.9. The maximum absolute atomic E-state index is 12.7. The van der Waals surface area contributed by atoms with Gasteiger partial charge >= 0.3 is 6.09 Å². The third-order valence-corrected chi connectivity index (χ3v) is 4.58. The second-order valence-corrected chi connectivity index (χ2v) is 6.56. The zero-order valence-corrected chi connectivity index (χ0v) is 14.8. The van der Waals surface area contributed by atoms with Crippen molar-refractivity contribution in [2.45, 2.75) is 6.17 Å². The fourth-order valence-corrected chi connectivity index (χ4v) is 3.17. The molecule has 0 saturated carbocycles. The Balaban J connectivity index is 1.83. The minimum atomic E-state index is -0.400. The minimum absolute atomic E-state index is 0.384. The summed E-state index contributed by atoms with van der Waals surface area (Å²) in [5, 5.41) is 1.65. The van der Waals surface area contributed by atoms with Crippen LogP contribution in [0.25, 0.3) is 0 Å². The highest BCUT2D eigenvalue weighted by molar-refractivity contribution is 9.10. The minimum Gasteiger partial charge on any atom is -0.319 e. The normalized spacial score (nSPS) is 16.8. The van der Waals surface area contributed by atoms with Crippen LogP contribution in [0.4, 0.5) is 16.2 Å². The number of carbonyl (C=O) groups excluding carboxylic acids is 1. The number of hydrogen-bond acceptors (Lipinski definition) is 3. The van der Waals surface area contributed by atoms with Crippen molar-refractivity contribution in [3.05, 3.63) is 95.0 Å². The van der Waals surface area contributed by atoms with E-state index in [0.29, 0.717) is 0 Å². The molecular weight excluding hydrogens is 380 g/mol. The van der Waals surface area contributed by atoms with E-state index < -0.39 is 6.09 Å². The smallest absolute Gasteiger partial charge is 0.319 e. The molecule has 1 heterocycles. The van der Waals surface area contributed by atoms with Gasteiger partial charge in [-0.15, -0.1) is 0 Å². The molecule has 25 heavy (non-hydrogen) atoms. The van der Waals surface area contributed by atoms with Crippen molar-refractivity contribution in [2.75, 3.05) is 9.96 Å². The summed E-state index contributed by atoms with van der Waals surface area (Å²) >= 11 is 3.46. The Morgan fingerprint density at radius 1 is 0.760 bits per heavy atom. The molecular formula is C20H15BrN2O2. The number of benzene rings is 3. The van der Waals surface area contributed by atoms with E-state index in [1.54, 1.807) is 9.96 Å². The molecule has 1 atom stereocenters. The SMILES string of the molecule is O=C1ON(c2ccccc2)[C@@H](c2ccc(Br)cc2)N1c1ccccc1. The van der Waals surface area contributed by atoms with Crippen molar-refractivity contribution >= 4 is 33.4 Å². The van der Waals surface area contributed by atoms with E-state index in [2.05, 4.69) is 15.9 Å². The number of carbonyl (C=O) groups is 1. The second kappa shape index (κ2) is 6.61. The van der Waals surface area contributed by atoms with Gasteiger partial charge in [-0.3, -0.25) is 0 Å². The van der Waals surface area contributed by atoms with E-state index >= 15 is 0 Å². The van der Waals surface area contributed by atoms with Crippen molar-refractivity contribution < 1.29 is 9.63 Å². The molecule has 124 valence electrons. The first-order chi connectivity index (χ1) is 12.2. The van der Waals surface area contributed by atoms with Crippen molar-refractivity contribution in [1.82, 2.24) is 0 Å². The Bertz CT molecular complexity index is 869. The molecule has 0 spiro atoms. The van der Waals surface area contributed by atoms with E-state index in [1.165, 1.54) is 0 Å². The Morgan fingerprint density at radius 2 is 1.32 bits per heavy atom. The van der Waals surface area contributed by atoms with E-state index in [4.69, 9.17) is 4.84 Å². The van der Waals surface area contributed by atoms with E-state index in [0.717, 1.165) is 21.4 Å². The summed E-state index contributed by atoms with van der Waals surface area (Å²) < 4.78 is 0.985. The molecule has 1 saturated heterocycles. The number of rotatable bonds is 3. The lowest BCUT2D eigenvalue weighted by atomic mass is 10.1. The largest absolute Gasteiger partial charge is 0.440 e. The van der Waals surface area contributed by atoms with Gasteiger partial charge in [0.15, 0.2) is 6.17 Å². The number of anilines is 2. The number of para-hydroxylation sites is 2. The zero-order valence-electron chi connectivity index (χ0n) is 13.2. The summed E-state index contributed by atoms with van der Waals surface area (Å²) in [6.07, 6.45) is -0.784. The molecule has 1 aliphatic heterocycles. The van der Waals surface area contributed by atoms with Crippen molar-refractivity contribution in [3.63, 3.8) is 0 Å². The standard InChI is InChI=1S/C20H15BrN2O2/c21-16-13-11-15(12-14-16)19-22(17-7-3-1-4-8-17)20(24)25-23(19)18-9-5-2-6-10-18/h1-14,19H/t19-/m0/s1. The molecule has 4 rings (SSSR count). The molecule has 0 aliphatic carbocycles. The number of amides is 1. The molecule has 1 fully saturated rings. The number of halogens is 1. The number of nitrogens with zero attached hydrogens (tertiary/aromatic N) is 2. The first-order valence-corrected chi connectivity index (χ1v) is 8.69. The maximum atomic E-state index is 12.7. The van der Waals surface area contributed by atoms with Gasteiger partial charge in [0, 0.05) is 10.2 Å². The average Bonchev–Trinajstić information content (AvgIpc) is 3.01. The van der Waals surface area contributed by atoms with Crippen LogP contribution in [0.3, 0.4) is 0 Å². The van der Waals surface area contributed by atoms with Crippen LogP contribution < -0.4 is 9.96 Å². The van der Waals surface area contributed by atoms with E-state index in [1.807, 2.05) is 84.9 Å². The maximum Gasteiger partial charge on any atom is 0.440 e. The van der Waals surface area contributed by atoms with Gasteiger partial charge in [0.2, 0.25) is 0 Å². The molecule has 3 aromatic rings. The summed E-state index contributed by atoms with van der Waals surface area (Å²) in [5.41, 5.74) is 2.57. The summed E-state index contributed by atoms with van der Waals surface area (Å²) in [6, 6.07) is 27.1. The monoisotopic (exact) mass is 394 g/mol. The molecule has 3 aromatic carbocycles. The molecule has 1 aliphatic rings. The van der Waals surface area contributed by atoms with Gasteiger partial charge in [-0.25, -0.2) is 9.69 Å². The lowest BCUT2D eigenvalue weighted by Crippen LogP contribution is -2.31. The summed E-state index contributed by atoms with van der Waals surface area (Å²) in [6.45, 7) is 0. The van der Waals surface area contributed by atoms with Crippen LogP contribution in [-0.4, -0.2) is 6.09 Å². The van der Waals surface area contributed by atoms with Gasteiger partial charge in [0.25, 0.3) is 0 Å². The third kappa shape index (κ3) is 2.98. The second-order valence-electron chi connectivity index (χ2n) is 5.65. The van der Waals surface area contributed by atoms with Crippen LogP contribution in [0.5, 0.6) is 0 Å². The van der Waals surface area contributed by atoms with Crippen molar-refractivity contribution in [2.24, 2.45) is 0 Å². The van der Waals surface area contributed by atoms with Gasteiger partial charge in [0.1, 0.15) is 0 Å². The first-order valence-electron chi connectivity index (χ1n) is 7.90. The predicted molar refractivity (Wildman–Crippen MR) is 101 cm³/mol. The molecule has 5 heteroatoms. The zero-order chi connectivity index (χ0) is 17.2. The van der Waals surface area contributed by atoms with E-state index in [-0.39, 0.29) is 6.17 Å². The van der Waals surface area contributed by atoms with Crippen LogP contribution in [0, 0.1) is 0 Å². The Morgan fingerprint density at radius 3 is 1.92 bits per heavy atom. The highest BCUT2D eigenvalue weighted by atomic mass is 79.9. The van der Waals surface area contributed by atoms with Crippen LogP contribution in [0.15, 0.2) is 89.4 Å². The summed E-state index contributed by atoms with van der Waals surface area (Å²) in [5.74, 6) is 0. The Kier molecular flexibility index (Phi) is 4.15. The lowest BCUT2D eigenvalue weighted by Gasteiger charge is -2.27. The molecule has 0 aromatic heterocycles. The molecule has 0 unspecified atom stereocenters. The molecule has 0 bridgehead atoms. The Labute approximate surface area is 154 Å². The number of hydrogen-bond donors (Lipinski definition) is 0. The average molecular weight is 395 g/mol. The van der Waals surface area contributed by atoms with Gasteiger partial charge in [0.05, 0.1) is 5.69 Å². The predicted octanol–water partition coefficient (Wildman–Crippen LogP) is 5.53. The van der Waals surface area contributed by atoms with Gasteiger partial charge in [-0.2, -0.15) is 5.06 Å². The lowest BCUT2D eigenvalue weighted by molar-refractivity contribution is 0.164. The van der Waals surface area contributed by atoms with E-state index in [9.17, 15) is 4.79 Å².